The smallest absolute Gasteiger partial charge is 0.421 e. The van der Waals surface area contributed by atoms with Crippen LogP contribution in [0, 0.1) is 17.8 Å². The Kier molecular flexibility index (Phi) is 12.8. The Morgan fingerprint density at radius 3 is 2.26 bits per heavy atom. The number of nitrogens with one attached hydrogen (secondary N) is 2. The number of fused-ring (bicyclic) bond motifs is 3. The van der Waals surface area contributed by atoms with E-state index >= 15 is 14.4 Å². The second kappa shape index (κ2) is 18.5. The first kappa shape index (κ1) is 42.1. The molecule has 2 fully saturated rings. The van der Waals surface area contributed by atoms with Crippen LogP contribution in [0.4, 0.5) is 15.3 Å². The van der Waals surface area contributed by atoms with E-state index in [1.165, 1.54) is 13.2 Å². The molecular formula is C46H45N5O10. The summed E-state index contributed by atoms with van der Waals surface area (Å²) in [4.78, 5) is 74.5. The number of nitrogens with two attached hydrogens (primary N) is 1. The SMILES string of the molecule is C=CCNC(=O)C1C2C(=O)OC(c3ccccc3)C(c3ccccc3)N2C(c2ccc(OCCO)cc2)C12C(=O)N(C(=O)OCCOC)c1ccc(C#CCNC(N)=O)cc12. The number of ether oxygens (including phenoxy) is 4. The van der Waals surface area contributed by atoms with Gasteiger partial charge in [0.1, 0.15) is 36.5 Å². The van der Waals surface area contributed by atoms with Gasteiger partial charge < -0.3 is 40.4 Å². The highest BCUT2D eigenvalue weighted by Crippen LogP contribution is 2.66. The predicted molar refractivity (Wildman–Crippen MR) is 222 cm³/mol. The first-order valence-corrected chi connectivity index (χ1v) is 19.6. The summed E-state index contributed by atoms with van der Waals surface area (Å²) in [7, 11) is 1.44. The number of methoxy groups -OCH3 is 1. The van der Waals surface area contributed by atoms with Gasteiger partial charge in [-0.15, -0.1) is 6.58 Å². The van der Waals surface area contributed by atoms with Crippen molar-refractivity contribution in [1.29, 1.82) is 0 Å². The largest absolute Gasteiger partial charge is 0.491 e. The number of aliphatic hydroxyl groups excluding tert-OH is 1. The number of amides is 5. The average molecular weight is 828 g/mol. The van der Waals surface area contributed by atoms with Crippen molar-refractivity contribution in [1.82, 2.24) is 15.5 Å². The number of carbonyl (C=O) groups excluding carboxylic acids is 5. The fraction of sp³-hybridized carbons (Fsp3) is 0.283. The predicted octanol–water partition coefficient (Wildman–Crippen LogP) is 3.83. The zero-order valence-electron chi connectivity index (χ0n) is 33.3. The molecule has 4 aromatic rings. The molecule has 314 valence electrons. The second-order valence-corrected chi connectivity index (χ2v) is 14.4. The van der Waals surface area contributed by atoms with Crippen LogP contribution in [0.25, 0.3) is 0 Å². The number of carbonyl (C=O) groups is 5. The molecule has 0 aromatic heterocycles. The number of esters is 1. The highest BCUT2D eigenvalue weighted by molar-refractivity contribution is 6.23. The summed E-state index contributed by atoms with van der Waals surface area (Å²) in [6.07, 6.45) is -0.458. The van der Waals surface area contributed by atoms with Gasteiger partial charge in [0, 0.05) is 19.2 Å². The molecule has 2 saturated heterocycles. The van der Waals surface area contributed by atoms with Crippen LogP contribution in [0.5, 0.6) is 5.75 Å². The maximum Gasteiger partial charge on any atom is 0.421 e. The van der Waals surface area contributed by atoms with Crippen LogP contribution in [0.1, 0.15) is 46.0 Å². The monoisotopic (exact) mass is 827 g/mol. The minimum absolute atomic E-state index is 0.00824. The number of hydrogen-bond donors (Lipinski definition) is 4. The molecule has 61 heavy (non-hydrogen) atoms. The quantitative estimate of drug-likeness (QED) is 0.0662. The molecule has 6 unspecified atom stereocenters. The molecule has 3 aliphatic heterocycles. The van der Waals surface area contributed by atoms with E-state index in [-0.39, 0.29) is 50.8 Å². The molecule has 1 spiro atoms. The van der Waals surface area contributed by atoms with Crippen LogP contribution in [0.2, 0.25) is 0 Å². The van der Waals surface area contributed by atoms with Crippen molar-refractivity contribution in [2.24, 2.45) is 11.7 Å². The lowest BCUT2D eigenvalue weighted by Crippen LogP contribution is -2.55. The molecule has 0 aliphatic carbocycles. The van der Waals surface area contributed by atoms with Crippen molar-refractivity contribution >= 4 is 35.6 Å². The summed E-state index contributed by atoms with van der Waals surface area (Å²) < 4.78 is 22.9. The molecule has 5 N–H and O–H groups in total. The van der Waals surface area contributed by atoms with Crippen molar-refractivity contribution < 1.29 is 48.0 Å². The number of primary amides is 1. The van der Waals surface area contributed by atoms with Gasteiger partial charge in [-0.05, 0) is 52.6 Å². The Hall–Kier alpha value is -6.99. The number of cyclic esters (lactones) is 1. The minimum atomic E-state index is -2.04. The van der Waals surface area contributed by atoms with E-state index in [0.717, 1.165) is 10.5 Å². The maximum atomic E-state index is 16.0. The Bertz CT molecular complexity index is 2350. The standard InChI is InChI=1S/C46H45N5O10/c1-3-22-48-41(53)36-38-42(54)61-39(31-14-8-5-9-15-31)37(30-12-6-4-7-13-30)51(38)40(32-17-19-33(20-18-32)59-25-24-52)46(36)34-28-29(11-10-23-49-44(47)56)16-21-35(34)50(43(46)55)45(57)60-27-26-58-2/h3-9,12-21,28,36-40,52H,1,22-27H2,2H3,(H,48,53)(H3,47,49,56). The molecule has 15 nitrogen and oxygen atoms in total. The molecule has 6 atom stereocenters. The van der Waals surface area contributed by atoms with Crippen LogP contribution < -0.4 is 26.0 Å². The third kappa shape index (κ3) is 7.92. The van der Waals surface area contributed by atoms with Gasteiger partial charge in [0.2, 0.25) is 11.8 Å². The highest BCUT2D eigenvalue weighted by atomic mass is 16.6. The van der Waals surface area contributed by atoms with Gasteiger partial charge in [0.15, 0.2) is 0 Å². The number of urea groups is 1. The molecule has 0 bridgehead atoms. The van der Waals surface area contributed by atoms with E-state index in [0.29, 0.717) is 22.4 Å². The lowest BCUT2D eigenvalue weighted by Gasteiger charge is -2.46. The van der Waals surface area contributed by atoms with Gasteiger partial charge in [-0.2, -0.15) is 0 Å². The molecule has 7 rings (SSSR count). The Morgan fingerprint density at radius 2 is 1.61 bits per heavy atom. The van der Waals surface area contributed by atoms with Crippen LogP contribution in [0.15, 0.2) is 116 Å². The molecule has 4 aromatic carbocycles. The normalized spacial score (nSPS) is 22.6. The van der Waals surface area contributed by atoms with E-state index < -0.39 is 65.5 Å². The molecule has 5 amide bonds. The zero-order valence-corrected chi connectivity index (χ0v) is 33.3. The van der Waals surface area contributed by atoms with Crippen LogP contribution in [-0.2, 0) is 34.0 Å². The Balaban J connectivity index is 1.56. The Morgan fingerprint density at radius 1 is 0.902 bits per heavy atom. The maximum absolute atomic E-state index is 16.0. The van der Waals surface area contributed by atoms with Gasteiger partial charge in [-0.1, -0.05) is 90.7 Å². The number of anilines is 1. The summed E-state index contributed by atoms with van der Waals surface area (Å²) in [5.41, 5.74) is 5.84. The lowest BCUT2D eigenvalue weighted by molar-refractivity contribution is -0.178. The van der Waals surface area contributed by atoms with E-state index in [1.807, 2.05) is 65.6 Å². The van der Waals surface area contributed by atoms with Gasteiger partial charge in [-0.25, -0.2) is 14.5 Å². The molecule has 15 heteroatoms. The second-order valence-electron chi connectivity index (χ2n) is 14.4. The van der Waals surface area contributed by atoms with E-state index in [4.69, 9.17) is 24.7 Å². The van der Waals surface area contributed by atoms with Gasteiger partial charge >= 0.3 is 18.1 Å². The highest BCUT2D eigenvalue weighted by Gasteiger charge is 2.75. The fourth-order valence-corrected chi connectivity index (χ4v) is 8.71. The van der Waals surface area contributed by atoms with Crippen molar-refractivity contribution in [3.63, 3.8) is 0 Å². The number of hydrogen-bond acceptors (Lipinski definition) is 11. The van der Waals surface area contributed by atoms with E-state index in [1.54, 1.807) is 42.5 Å². The summed E-state index contributed by atoms with van der Waals surface area (Å²) in [6.45, 7) is 3.33. The first-order chi connectivity index (χ1) is 29.7. The summed E-state index contributed by atoms with van der Waals surface area (Å²) in [5, 5.41) is 14.8. The van der Waals surface area contributed by atoms with Gasteiger partial charge in [0.05, 0.1) is 43.4 Å². The Labute approximate surface area is 352 Å². The van der Waals surface area contributed by atoms with E-state index in [9.17, 15) is 14.7 Å². The molecular weight excluding hydrogens is 783 g/mol. The van der Waals surface area contributed by atoms with Gasteiger partial charge in [0.25, 0.3) is 0 Å². The van der Waals surface area contributed by atoms with Crippen molar-refractivity contribution in [3.8, 4) is 17.6 Å². The first-order valence-electron chi connectivity index (χ1n) is 19.6. The number of benzene rings is 4. The number of aliphatic hydroxyl groups is 1. The number of imide groups is 1. The fourth-order valence-electron chi connectivity index (χ4n) is 8.71. The number of rotatable bonds is 13. The van der Waals surface area contributed by atoms with Crippen LogP contribution in [0.3, 0.4) is 0 Å². The van der Waals surface area contributed by atoms with Crippen molar-refractivity contribution in [3.05, 3.63) is 144 Å². The molecule has 0 saturated carbocycles. The molecule has 3 aliphatic rings. The summed E-state index contributed by atoms with van der Waals surface area (Å²) >= 11 is 0. The third-order valence-corrected chi connectivity index (χ3v) is 11.0. The van der Waals surface area contributed by atoms with Gasteiger partial charge in [-0.3, -0.25) is 19.3 Å². The minimum Gasteiger partial charge on any atom is -0.491 e. The van der Waals surface area contributed by atoms with E-state index in [2.05, 4.69) is 29.1 Å². The van der Waals surface area contributed by atoms with Crippen molar-refractivity contribution in [2.45, 2.75) is 29.6 Å². The molecule has 0 radical (unpaired) electrons. The molecule has 3 heterocycles. The average Bonchev–Trinajstić information content (AvgIpc) is 3.73. The number of nitrogens with zero attached hydrogens (tertiary/aromatic N) is 2. The van der Waals surface area contributed by atoms with Crippen LogP contribution >= 0.6 is 0 Å². The van der Waals surface area contributed by atoms with Crippen molar-refractivity contribution in [2.75, 3.05) is 51.5 Å². The summed E-state index contributed by atoms with van der Waals surface area (Å²) in [5.74, 6) is 2.49. The number of morpholine rings is 1. The lowest BCUT2D eigenvalue weighted by atomic mass is 9.65. The topological polar surface area (TPSA) is 199 Å². The zero-order chi connectivity index (χ0) is 43.1. The van der Waals surface area contributed by atoms with Crippen LogP contribution in [-0.4, -0.2) is 92.6 Å². The third-order valence-electron chi connectivity index (χ3n) is 11.0. The summed E-state index contributed by atoms with van der Waals surface area (Å²) in [6, 6.07) is 26.1.